The van der Waals surface area contributed by atoms with Gasteiger partial charge in [0, 0.05) is 63.4 Å². The van der Waals surface area contributed by atoms with Crippen LogP contribution in [0.1, 0.15) is 18.2 Å². The topological polar surface area (TPSA) is 48.7 Å². The van der Waals surface area contributed by atoms with Gasteiger partial charge in [-0.3, -0.25) is 9.69 Å². The molecule has 24 heavy (non-hydrogen) atoms. The van der Waals surface area contributed by atoms with Gasteiger partial charge >= 0.3 is 0 Å². The van der Waals surface area contributed by atoms with Crippen LogP contribution in [0.2, 0.25) is 0 Å². The highest BCUT2D eigenvalue weighted by atomic mass is 16.3. The van der Waals surface area contributed by atoms with E-state index in [9.17, 15) is 9.90 Å². The third-order valence-electron chi connectivity index (χ3n) is 4.79. The standard InChI is InChI=1S/C19H25N3O2/c1-3-15-4-6-16(7-5-15)22-10-8-21(9-11-22)13-17-12-18(23)19(24)14-20(17)2/h4-7,12,14,24H,3,8-11,13H2,1-2H3. The Hall–Kier alpha value is -2.27. The molecule has 0 aliphatic carbocycles. The molecule has 5 nitrogen and oxygen atoms in total. The Balaban J connectivity index is 1.61. The molecule has 0 atom stereocenters. The van der Waals surface area contributed by atoms with E-state index in [1.165, 1.54) is 23.5 Å². The van der Waals surface area contributed by atoms with E-state index in [4.69, 9.17) is 0 Å². The van der Waals surface area contributed by atoms with Crippen molar-refractivity contribution >= 4 is 5.69 Å². The fourth-order valence-corrected chi connectivity index (χ4v) is 3.15. The summed E-state index contributed by atoms with van der Waals surface area (Å²) in [6, 6.07) is 10.4. The molecule has 2 aromatic rings. The molecular weight excluding hydrogens is 302 g/mol. The first kappa shape index (κ1) is 16.6. The zero-order valence-electron chi connectivity index (χ0n) is 14.4. The van der Waals surface area contributed by atoms with E-state index in [1.807, 2.05) is 11.6 Å². The Morgan fingerprint density at radius 1 is 1.08 bits per heavy atom. The van der Waals surface area contributed by atoms with Crippen LogP contribution in [0.3, 0.4) is 0 Å². The quantitative estimate of drug-likeness (QED) is 0.933. The average molecular weight is 327 g/mol. The van der Waals surface area contributed by atoms with Gasteiger partial charge in [0.15, 0.2) is 5.75 Å². The van der Waals surface area contributed by atoms with Crippen LogP contribution in [0.5, 0.6) is 5.75 Å². The van der Waals surface area contributed by atoms with Gasteiger partial charge in [-0.15, -0.1) is 0 Å². The summed E-state index contributed by atoms with van der Waals surface area (Å²) < 4.78 is 1.83. The number of hydrogen-bond donors (Lipinski definition) is 1. The molecule has 0 amide bonds. The number of hydrogen-bond acceptors (Lipinski definition) is 4. The van der Waals surface area contributed by atoms with Crippen molar-refractivity contribution in [2.24, 2.45) is 7.05 Å². The molecule has 1 fully saturated rings. The van der Waals surface area contributed by atoms with Gasteiger partial charge in [-0.2, -0.15) is 0 Å². The van der Waals surface area contributed by atoms with Gasteiger partial charge in [0.1, 0.15) is 0 Å². The molecule has 1 aromatic heterocycles. The van der Waals surface area contributed by atoms with Crippen molar-refractivity contribution in [3.05, 3.63) is 58.0 Å². The Morgan fingerprint density at radius 3 is 2.38 bits per heavy atom. The van der Waals surface area contributed by atoms with Gasteiger partial charge < -0.3 is 14.6 Å². The molecular formula is C19H25N3O2. The molecule has 0 saturated carbocycles. The van der Waals surface area contributed by atoms with Gasteiger partial charge in [0.2, 0.25) is 5.43 Å². The lowest BCUT2D eigenvalue weighted by Crippen LogP contribution is -2.46. The molecule has 3 rings (SSSR count). The highest BCUT2D eigenvalue weighted by Gasteiger charge is 2.18. The summed E-state index contributed by atoms with van der Waals surface area (Å²) in [5.41, 5.74) is 3.27. The molecule has 0 radical (unpaired) electrons. The summed E-state index contributed by atoms with van der Waals surface area (Å²) in [6.45, 7) is 6.79. The van der Waals surface area contributed by atoms with Gasteiger partial charge in [-0.25, -0.2) is 0 Å². The van der Waals surface area contributed by atoms with Gasteiger partial charge in [-0.05, 0) is 24.1 Å². The second-order valence-electron chi connectivity index (χ2n) is 6.41. The first-order valence-corrected chi connectivity index (χ1v) is 8.51. The number of piperazine rings is 1. The Labute approximate surface area is 142 Å². The van der Waals surface area contributed by atoms with Crippen molar-refractivity contribution in [2.45, 2.75) is 19.9 Å². The summed E-state index contributed by atoms with van der Waals surface area (Å²) >= 11 is 0. The van der Waals surface area contributed by atoms with E-state index in [0.29, 0.717) is 0 Å². The fourth-order valence-electron chi connectivity index (χ4n) is 3.15. The molecule has 128 valence electrons. The van der Waals surface area contributed by atoms with Crippen molar-refractivity contribution in [3.63, 3.8) is 0 Å². The van der Waals surface area contributed by atoms with Crippen LogP contribution in [0.15, 0.2) is 41.3 Å². The molecule has 2 heterocycles. The Kier molecular flexibility index (Phi) is 4.90. The largest absolute Gasteiger partial charge is 0.503 e. The van der Waals surface area contributed by atoms with Crippen molar-refractivity contribution in [2.75, 3.05) is 31.1 Å². The highest BCUT2D eigenvalue weighted by Crippen LogP contribution is 2.18. The van der Waals surface area contributed by atoms with Crippen LogP contribution < -0.4 is 10.3 Å². The summed E-state index contributed by atoms with van der Waals surface area (Å²) in [5, 5.41) is 9.47. The maximum Gasteiger partial charge on any atom is 0.223 e. The van der Waals surface area contributed by atoms with Crippen LogP contribution in [-0.2, 0) is 20.0 Å². The molecule has 1 aliphatic heterocycles. The number of aromatic hydroxyl groups is 1. The molecule has 0 unspecified atom stereocenters. The summed E-state index contributed by atoms with van der Waals surface area (Å²) in [6.07, 6.45) is 2.56. The minimum Gasteiger partial charge on any atom is -0.503 e. The van der Waals surface area contributed by atoms with Crippen LogP contribution >= 0.6 is 0 Å². The predicted octanol–water partition coefficient (Wildman–Crippen LogP) is 1.98. The Morgan fingerprint density at radius 2 is 1.75 bits per heavy atom. The number of aromatic nitrogens is 1. The van der Waals surface area contributed by atoms with Gasteiger partial charge in [0.25, 0.3) is 0 Å². The molecule has 0 spiro atoms. The van der Waals surface area contributed by atoms with Gasteiger partial charge in [0.05, 0.1) is 0 Å². The van der Waals surface area contributed by atoms with E-state index in [1.54, 1.807) is 0 Å². The number of benzene rings is 1. The number of nitrogens with zero attached hydrogens (tertiary/aromatic N) is 3. The van der Waals surface area contributed by atoms with Crippen LogP contribution in [0, 0.1) is 0 Å². The lowest BCUT2D eigenvalue weighted by Gasteiger charge is -2.36. The monoisotopic (exact) mass is 327 g/mol. The van der Waals surface area contributed by atoms with E-state index < -0.39 is 0 Å². The van der Waals surface area contributed by atoms with E-state index in [-0.39, 0.29) is 11.2 Å². The lowest BCUT2D eigenvalue weighted by molar-refractivity contribution is 0.244. The number of aryl methyl sites for hydroxylation is 2. The van der Waals surface area contributed by atoms with Crippen LogP contribution in [-0.4, -0.2) is 40.8 Å². The highest BCUT2D eigenvalue weighted by molar-refractivity contribution is 5.48. The summed E-state index contributed by atoms with van der Waals surface area (Å²) in [5.74, 6) is -0.193. The van der Waals surface area contributed by atoms with Crippen LogP contribution in [0.4, 0.5) is 5.69 Å². The van der Waals surface area contributed by atoms with Crippen molar-refractivity contribution < 1.29 is 5.11 Å². The third-order valence-corrected chi connectivity index (χ3v) is 4.79. The van der Waals surface area contributed by atoms with Crippen LogP contribution in [0.25, 0.3) is 0 Å². The maximum atomic E-state index is 11.6. The van der Waals surface area contributed by atoms with Crippen molar-refractivity contribution in [1.29, 1.82) is 0 Å². The first-order chi connectivity index (χ1) is 11.6. The maximum absolute atomic E-state index is 11.6. The molecule has 1 aromatic carbocycles. The predicted molar refractivity (Wildman–Crippen MR) is 96.7 cm³/mol. The minimum atomic E-state index is -0.308. The molecule has 1 aliphatic rings. The summed E-state index contributed by atoms with van der Waals surface area (Å²) in [7, 11) is 1.86. The zero-order chi connectivity index (χ0) is 17.1. The van der Waals surface area contributed by atoms with Crippen molar-refractivity contribution in [3.8, 4) is 5.75 Å². The fraction of sp³-hybridized carbons (Fsp3) is 0.421. The van der Waals surface area contributed by atoms with Crippen molar-refractivity contribution in [1.82, 2.24) is 9.47 Å². The SMILES string of the molecule is CCc1ccc(N2CCN(Cc3cc(=O)c(O)cn3C)CC2)cc1. The second-order valence-corrected chi connectivity index (χ2v) is 6.41. The molecule has 0 bridgehead atoms. The molecule has 5 heteroatoms. The second kappa shape index (κ2) is 7.09. The van der Waals surface area contributed by atoms with Gasteiger partial charge in [-0.1, -0.05) is 19.1 Å². The first-order valence-electron chi connectivity index (χ1n) is 8.51. The number of rotatable bonds is 4. The number of pyridine rings is 1. The van der Waals surface area contributed by atoms with E-state index in [2.05, 4.69) is 41.0 Å². The lowest BCUT2D eigenvalue weighted by atomic mass is 10.1. The van der Waals surface area contributed by atoms with E-state index in [0.717, 1.165) is 44.8 Å². The third kappa shape index (κ3) is 3.62. The normalized spacial score (nSPS) is 15.7. The Bertz CT molecular complexity index is 744. The molecule has 1 saturated heterocycles. The smallest absolute Gasteiger partial charge is 0.223 e. The zero-order valence-corrected chi connectivity index (χ0v) is 14.4. The van der Waals surface area contributed by atoms with E-state index >= 15 is 0 Å². The summed E-state index contributed by atoms with van der Waals surface area (Å²) in [4.78, 5) is 16.4. The minimum absolute atomic E-state index is 0.193. The number of anilines is 1. The molecule has 1 N–H and O–H groups in total. The average Bonchev–Trinajstić information content (AvgIpc) is 2.60.